The van der Waals surface area contributed by atoms with Crippen LogP contribution in [0.2, 0.25) is 0 Å². The Hall–Kier alpha value is -0.720. The third-order valence-corrected chi connectivity index (χ3v) is 5.56. The van der Waals surface area contributed by atoms with Crippen LogP contribution in [0.5, 0.6) is 0 Å². The number of thiazole rings is 1. The maximum atomic E-state index is 4.89. The topological polar surface area (TPSA) is 32.6 Å². The molecule has 1 aliphatic heterocycles. The molecule has 1 fully saturated rings. The van der Waals surface area contributed by atoms with Crippen molar-refractivity contribution in [2.24, 2.45) is 0 Å². The van der Waals surface area contributed by atoms with Crippen molar-refractivity contribution in [3.8, 4) is 0 Å². The zero-order valence-corrected chi connectivity index (χ0v) is 14.9. The lowest BCUT2D eigenvalue weighted by Crippen LogP contribution is -2.39. The summed E-state index contributed by atoms with van der Waals surface area (Å²) in [4.78, 5) is 8.45. The van der Waals surface area contributed by atoms with Crippen molar-refractivity contribution in [3.63, 3.8) is 0 Å². The number of nitrogens with one attached hydrogen (secondary N) is 1. The van der Waals surface area contributed by atoms with E-state index in [0.717, 1.165) is 24.6 Å². The monoisotopic (exact) mass is 324 g/mol. The molecule has 0 radical (unpaired) electrons. The molecule has 1 N–H and O–H groups in total. The minimum absolute atomic E-state index is 0.114. The van der Waals surface area contributed by atoms with Gasteiger partial charge in [-0.1, -0.05) is 6.92 Å². The van der Waals surface area contributed by atoms with E-state index in [-0.39, 0.29) is 5.54 Å². The number of fused-ring (bicyclic) bond motifs is 1. The second-order valence-corrected chi connectivity index (χ2v) is 9.09. The van der Waals surface area contributed by atoms with Crippen LogP contribution in [0.4, 0.5) is 5.82 Å². The van der Waals surface area contributed by atoms with Gasteiger partial charge in [0.1, 0.15) is 0 Å². The van der Waals surface area contributed by atoms with Crippen LogP contribution in [0.1, 0.15) is 33.4 Å². The summed E-state index contributed by atoms with van der Waals surface area (Å²) in [6.07, 6.45) is 2.14. The van der Waals surface area contributed by atoms with Gasteiger partial charge in [-0.15, -0.1) is 11.3 Å². The Morgan fingerprint density at radius 2 is 2.24 bits per heavy atom. The second kappa shape index (κ2) is 5.82. The van der Waals surface area contributed by atoms with Crippen LogP contribution in [-0.4, -0.2) is 39.0 Å². The molecule has 0 aliphatic carbocycles. The van der Waals surface area contributed by atoms with Gasteiger partial charge < -0.3 is 10.2 Å². The molecule has 2 aromatic heterocycles. The lowest BCUT2D eigenvalue weighted by molar-refractivity contribution is 0.420. The number of nitrogens with zero attached hydrogens (tertiary/aromatic N) is 3. The molecule has 1 aliphatic rings. The van der Waals surface area contributed by atoms with Gasteiger partial charge in [0.25, 0.3) is 0 Å². The molecule has 0 aromatic carbocycles. The lowest BCUT2D eigenvalue weighted by atomic mass is 10.1. The number of thioether (sulfide) groups is 1. The first-order valence-electron chi connectivity index (χ1n) is 7.50. The van der Waals surface area contributed by atoms with Crippen LogP contribution >= 0.6 is 23.1 Å². The molecule has 3 heterocycles. The van der Waals surface area contributed by atoms with Crippen LogP contribution in [-0.2, 0) is 6.54 Å². The highest BCUT2D eigenvalue weighted by molar-refractivity contribution is 8.00. The molecule has 0 saturated carbocycles. The van der Waals surface area contributed by atoms with Crippen LogP contribution in [0.15, 0.2) is 11.6 Å². The summed E-state index contributed by atoms with van der Waals surface area (Å²) < 4.78 is 2.24. The Bertz CT molecular complexity index is 611. The molecule has 116 valence electrons. The van der Waals surface area contributed by atoms with Gasteiger partial charge in [0.05, 0.1) is 5.69 Å². The van der Waals surface area contributed by atoms with Gasteiger partial charge in [-0.3, -0.25) is 4.40 Å². The molecule has 0 spiro atoms. The van der Waals surface area contributed by atoms with E-state index in [0.29, 0.717) is 5.25 Å². The summed E-state index contributed by atoms with van der Waals surface area (Å²) in [6, 6.07) is 0. The van der Waals surface area contributed by atoms with E-state index in [4.69, 9.17) is 4.98 Å². The highest BCUT2D eigenvalue weighted by Crippen LogP contribution is 2.29. The van der Waals surface area contributed by atoms with Gasteiger partial charge in [0.15, 0.2) is 10.8 Å². The predicted octanol–water partition coefficient (Wildman–Crippen LogP) is 3.23. The number of aromatic nitrogens is 2. The van der Waals surface area contributed by atoms with Crippen LogP contribution < -0.4 is 10.2 Å². The highest BCUT2D eigenvalue weighted by atomic mass is 32.2. The second-order valence-electron chi connectivity index (χ2n) is 6.67. The third-order valence-electron chi connectivity index (χ3n) is 3.67. The van der Waals surface area contributed by atoms with Crippen molar-refractivity contribution in [2.45, 2.75) is 45.0 Å². The minimum Gasteiger partial charge on any atom is -0.353 e. The first-order chi connectivity index (χ1) is 9.94. The summed E-state index contributed by atoms with van der Waals surface area (Å²) >= 11 is 3.77. The van der Waals surface area contributed by atoms with Crippen molar-refractivity contribution in [2.75, 3.05) is 23.7 Å². The molecule has 3 rings (SSSR count). The van der Waals surface area contributed by atoms with Gasteiger partial charge in [-0.05, 0) is 20.8 Å². The maximum Gasteiger partial charge on any atom is 0.195 e. The van der Waals surface area contributed by atoms with E-state index >= 15 is 0 Å². The summed E-state index contributed by atoms with van der Waals surface area (Å²) in [5.41, 5.74) is 1.41. The Morgan fingerprint density at radius 1 is 1.43 bits per heavy atom. The van der Waals surface area contributed by atoms with Crippen molar-refractivity contribution in [1.29, 1.82) is 0 Å². The number of imidazole rings is 1. The smallest absolute Gasteiger partial charge is 0.195 e. The molecule has 6 heteroatoms. The fourth-order valence-electron chi connectivity index (χ4n) is 2.60. The number of hydrogen-bond acceptors (Lipinski definition) is 5. The maximum absolute atomic E-state index is 4.89. The average Bonchev–Trinajstić information content (AvgIpc) is 2.95. The molecule has 1 saturated heterocycles. The third kappa shape index (κ3) is 3.38. The van der Waals surface area contributed by atoms with Crippen LogP contribution in [0, 0.1) is 0 Å². The quantitative estimate of drug-likeness (QED) is 0.939. The van der Waals surface area contributed by atoms with Crippen molar-refractivity contribution >= 4 is 33.9 Å². The normalized spacial score (nSPS) is 20.4. The van der Waals surface area contributed by atoms with Crippen molar-refractivity contribution < 1.29 is 0 Å². The molecule has 0 amide bonds. The van der Waals surface area contributed by atoms with E-state index < -0.39 is 0 Å². The first kappa shape index (κ1) is 15.2. The van der Waals surface area contributed by atoms with Gasteiger partial charge in [0, 0.05) is 47.8 Å². The first-order valence-corrected chi connectivity index (χ1v) is 9.43. The molecular formula is C15H24N4S2. The summed E-state index contributed by atoms with van der Waals surface area (Å²) in [6.45, 7) is 12.0. The van der Waals surface area contributed by atoms with Crippen molar-refractivity contribution in [3.05, 3.63) is 17.3 Å². The lowest BCUT2D eigenvalue weighted by Gasteiger charge is -2.32. The van der Waals surface area contributed by atoms with Crippen LogP contribution in [0.3, 0.4) is 0 Å². The Kier molecular flexibility index (Phi) is 4.21. The number of anilines is 1. The summed E-state index contributed by atoms with van der Waals surface area (Å²) in [7, 11) is 0. The molecule has 0 bridgehead atoms. The molecule has 2 aromatic rings. The fourth-order valence-corrected chi connectivity index (χ4v) is 4.34. The summed E-state index contributed by atoms with van der Waals surface area (Å²) in [5.74, 6) is 2.36. The predicted molar refractivity (Wildman–Crippen MR) is 93.8 cm³/mol. The molecular weight excluding hydrogens is 300 g/mol. The Morgan fingerprint density at radius 3 is 2.95 bits per heavy atom. The molecule has 1 unspecified atom stereocenters. The van der Waals surface area contributed by atoms with E-state index in [1.165, 1.54) is 17.3 Å². The zero-order chi connectivity index (χ0) is 15.0. The Balaban J connectivity index is 1.91. The van der Waals surface area contributed by atoms with Gasteiger partial charge in [0.2, 0.25) is 0 Å². The summed E-state index contributed by atoms with van der Waals surface area (Å²) in [5, 5.41) is 6.40. The standard InChI is InChI=1S/C15H24N4S2/c1-11-10-18(5-7-20-11)13-12(9-16-15(2,3)4)19-6-8-21-14(19)17-13/h6,8,11,16H,5,7,9-10H2,1-4H3. The van der Waals surface area contributed by atoms with Gasteiger partial charge in [-0.2, -0.15) is 11.8 Å². The SMILES string of the molecule is CC1CN(c2nc3sccn3c2CNC(C)(C)C)CCS1. The zero-order valence-electron chi connectivity index (χ0n) is 13.2. The number of rotatable bonds is 3. The number of hydrogen-bond donors (Lipinski definition) is 1. The molecule has 1 atom stereocenters. The minimum atomic E-state index is 0.114. The van der Waals surface area contributed by atoms with Crippen LogP contribution in [0.25, 0.3) is 4.96 Å². The molecule has 21 heavy (non-hydrogen) atoms. The fraction of sp³-hybridized carbons (Fsp3) is 0.667. The van der Waals surface area contributed by atoms with E-state index in [1.807, 2.05) is 0 Å². The molecule has 4 nitrogen and oxygen atoms in total. The van der Waals surface area contributed by atoms with Gasteiger partial charge >= 0.3 is 0 Å². The van der Waals surface area contributed by atoms with Gasteiger partial charge in [-0.25, -0.2) is 4.98 Å². The van der Waals surface area contributed by atoms with E-state index in [9.17, 15) is 0 Å². The van der Waals surface area contributed by atoms with Crippen molar-refractivity contribution in [1.82, 2.24) is 14.7 Å². The Labute approximate surface area is 134 Å². The van der Waals surface area contributed by atoms with E-state index in [1.54, 1.807) is 11.3 Å². The van der Waals surface area contributed by atoms with E-state index in [2.05, 4.69) is 65.7 Å². The largest absolute Gasteiger partial charge is 0.353 e. The average molecular weight is 325 g/mol. The highest BCUT2D eigenvalue weighted by Gasteiger charge is 2.24.